The SMILES string of the molecule is C[C@@H](NC(=O)[C@@H](N)Cc1ccc(O)cc1)C(=O)N[C@@H](Cc1ccc(F)cc1)C(=O)N[C@@H](Cc1ccccc1)C(N)=O.O=C(O)C(F)(F)F. The molecule has 0 saturated heterocycles. The molecule has 0 fully saturated rings. The van der Waals surface area contributed by atoms with E-state index in [4.69, 9.17) is 21.4 Å². The zero-order valence-electron chi connectivity index (χ0n) is 25.5. The summed E-state index contributed by atoms with van der Waals surface area (Å²) in [6.45, 7) is 1.44. The fourth-order valence-corrected chi connectivity index (χ4v) is 4.07. The molecule has 0 heterocycles. The second-order valence-electron chi connectivity index (χ2n) is 10.6. The van der Waals surface area contributed by atoms with Crippen LogP contribution >= 0.6 is 0 Å². The molecule has 0 unspecified atom stereocenters. The van der Waals surface area contributed by atoms with Gasteiger partial charge in [-0.05, 0) is 54.3 Å². The number of rotatable bonds is 13. The maximum atomic E-state index is 13.4. The zero-order chi connectivity index (χ0) is 36.0. The van der Waals surface area contributed by atoms with Crippen molar-refractivity contribution in [3.05, 3.63) is 101 Å². The van der Waals surface area contributed by atoms with E-state index in [1.54, 1.807) is 36.4 Å². The number of amides is 4. The van der Waals surface area contributed by atoms with Crippen LogP contribution in [0.3, 0.4) is 0 Å². The number of nitrogens with one attached hydrogen (secondary N) is 3. The Morgan fingerprint density at radius 1 is 0.708 bits per heavy atom. The predicted molar refractivity (Wildman–Crippen MR) is 164 cm³/mol. The van der Waals surface area contributed by atoms with Crippen molar-refractivity contribution in [1.29, 1.82) is 0 Å². The fraction of sp³-hybridized carbons (Fsp3) is 0.281. The van der Waals surface area contributed by atoms with E-state index in [-0.39, 0.29) is 25.0 Å². The van der Waals surface area contributed by atoms with Crippen LogP contribution in [0, 0.1) is 5.82 Å². The first kappa shape index (κ1) is 38.7. The van der Waals surface area contributed by atoms with Crippen molar-refractivity contribution in [2.45, 2.75) is 56.5 Å². The molecule has 3 aromatic rings. The standard InChI is InChI=1S/C30H34FN5O5.C2HF3O2/c1-18(34-29(40)24(32)15-20-9-13-23(37)14-10-20)28(39)36-26(17-21-7-11-22(31)12-8-21)30(41)35-25(27(33)38)16-19-5-3-2-4-6-19;3-2(4,5)1(6)7/h2-14,18,24-26,37H,15-17,32H2,1H3,(H2,33,38)(H,34,40)(H,35,41)(H,36,39);(H,6,7)/t18-,24+,25+,26+;/m1./s1. The maximum Gasteiger partial charge on any atom is 0.490 e. The summed E-state index contributed by atoms with van der Waals surface area (Å²) in [6.07, 6.45) is -4.79. The van der Waals surface area contributed by atoms with Crippen molar-refractivity contribution in [3.8, 4) is 5.75 Å². The molecule has 12 nitrogen and oxygen atoms in total. The second-order valence-corrected chi connectivity index (χ2v) is 10.6. The number of aliphatic carboxylic acids is 1. The highest BCUT2D eigenvalue weighted by Crippen LogP contribution is 2.13. The molecule has 0 aromatic heterocycles. The van der Waals surface area contributed by atoms with Crippen molar-refractivity contribution < 1.29 is 51.7 Å². The van der Waals surface area contributed by atoms with E-state index in [0.717, 1.165) is 11.1 Å². The number of aromatic hydroxyl groups is 1. The molecule has 4 amide bonds. The van der Waals surface area contributed by atoms with Gasteiger partial charge in [-0.2, -0.15) is 13.2 Å². The van der Waals surface area contributed by atoms with Gasteiger partial charge in [-0.3, -0.25) is 19.2 Å². The lowest BCUT2D eigenvalue weighted by molar-refractivity contribution is -0.192. The zero-order valence-corrected chi connectivity index (χ0v) is 25.5. The molecule has 3 aromatic carbocycles. The monoisotopic (exact) mass is 677 g/mol. The summed E-state index contributed by atoms with van der Waals surface area (Å²) in [4.78, 5) is 60.0. The molecule has 48 heavy (non-hydrogen) atoms. The van der Waals surface area contributed by atoms with Crippen LogP contribution in [0.2, 0.25) is 0 Å². The van der Waals surface area contributed by atoms with E-state index in [2.05, 4.69) is 16.0 Å². The van der Waals surface area contributed by atoms with Crippen LogP contribution in [0.1, 0.15) is 23.6 Å². The van der Waals surface area contributed by atoms with Crippen molar-refractivity contribution >= 4 is 29.6 Å². The van der Waals surface area contributed by atoms with Gasteiger partial charge in [-0.25, -0.2) is 9.18 Å². The van der Waals surface area contributed by atoms with Gasteiger partial charge in [0.05, 0.1) is 6.04 Å². The van der Waals surface area contributed by atoms with Crippen LogP contribution in [0.5, 0.6) is 5.75 Å². The lowest BCUT2D eigenvalue weighted by atomic mass is 10.0. The number of carboxylic acids is 1. The van der Waals surface area contributed by atoms with E-state index >= 15 is 0 Å². The van der Waals surface area contributed by atoms with Crippen LogP contribution in [0.25, 0.3) is 0 Å². The quantitative estimate of drug-likeness (QED) is 0.131. The number of primary amides is 1. The molecule has 0 saturated carbocycles. The Morgan fingerprint density at radius 3 is 1.69 bits per heavy atom. The molecule has 3 rings (SSSR count). The number of alkyl halides is 3. The van der Waals surface area contributed by atoms with E-state index < -0.39 is 65.8 Å². The first-order valence-corrected chi connectivity index (χ1v) is 14.3. The molecule has 4 atom stereocenters. The van der Waals surface area contributed by atoms with E-state index in [1.165, 1.54) is 43.3 Å². The van der Waals surface area contributed by atoms with Crippen LogP contribution in [-0.2, 0) is 43.2 Å². The van der Waals surface area contributed by atoms with Crippen molar-refractivity contribution in [1.82, 2.24) is 16.0 Å². The van der Waals surface area contributed by atoms with Crippen molar-refractivity contribution in [3.63, 3.8) is 0 Å². The first-order chi connectivity index (χ1) is 22.5. The Bertz CT molecular complexity index is 1540. The molecule has 0 bridgehead atoms. The number of benzene rings is 3. The fourth-order valence-electron chi connectivity index (χ4n) is 4.07. The number of phenols is 1. The van der Waals surface area contributed by atoms with Crippen LogP contribution in [0.4, 0.5) is 17.6 Å². The molecule has 9 N–H and O–H groups in total. The van der Waals surface area contributed by atoms with Gasteiger partial charge in [0.25, 0.3) is 0 Å². The summed E-state index contributed by atoms with van der Waals surface area (Å²) in [5, 5.41) is 24.3. The Balaban J connectivity index is 0.00000103. The lowest BCUT2D eigenvalue weighted by Gasteiger charge is -2.24. The summed E-state index contributed by atoms with van der Waals surface area (Å²) in [5.74, 6) is -5.82. The lowest BCUT2D eigenvalue weighted by Crippen LogP contribution is -2.57. The van der Waals surface area contributed by atoms with Gasteiger partial charge in [0.15, 0.2) is 0 Å². The highest BCUT2D eigenvalue weighted by Gasteiger charge is 2.38. The molecule has 0 spiro atoms. The van der Waals surface area contributed by atoms with Crippen LogP contribution < -0.4 is 27.4 Å². The summed E-state index contributed by atoms with van der Waals surface area (Å²) in [7, 11) is 0. The average molecular weight is 678 g/mol. The number of carboxylic acid groups (broad SMARTS) is 1. The van der Waals surface area contributed by atoms with Crippen molar-refractivity contribution in [2.75, 3.05) is 0 Å². The Labute approximate surface area is 272 Å². The summed E-state index contributed by atoms with van der Waals surface area (Å²) < 4.78 is 45.2. The predicted octanol–water partition coefficient (Wildman–Crippen LogP) is 1.48. The van der Waals surface area contributed by atoms with Gasteiger partial charge in [0.2, 0.25) is 23.6 Å². The van der Waals surface area contributed by atoms with E-state index in [1.807, 2.05) is 6.07 Å². The highest BCUT2D eigenvalue weighted by molar-refractivity contribution is 5.94. The number of hydrogen-bond acceptors (Lipinski definition) is 7. The third kappa shape index (κ3) is 13.5. The number of halogens is 4. The summed E-state index contributed by atoms with van der Waals surface area (Å²) in [5.41, 5.74) is 13.6. The van der Waals surface area contributed by atoms with Gasteiger partial charge in [-0.1, -0.05) is 54.6 Å². The van der Waals surface area contributed by atoms with Crippen molar-refractivity contribution in [2.24, 2.45) is 11.5 Å². The molecule has 258 valence electrons. The minimum Gasteiger partial charge on any atom is -0.508 e. The van der Waals surface area contributed by atoms with Gasteiger partial charge >= 0.3 is 12.1 Å². The normalized spacial score (nSPS) is 13.4. The molecule has 0 aliphatic rings. The Hall–Kier alpha value is -5.51. The third-order valence-corrected chi connectivity index (χ3v) is 6.65. The van der Waals surface area contributed by atoms with Crippen LogP contribution in [0.15, 0.2) is 78.9 Å². The number of phenolic OH excluding ortho intramolecular Hbond substituents is 1. The van der Waals surface area contributed by atoms with Crippen LogP contribution in [-0.4, -0.2) is 70.2 Å². The molecule has 16 heteroatoms. The Kier molecular flexibility index (Phi) is 14.5. The number of nitrogens with two attached hydrogens (primary N) is 2. The first-order valence-electron chi connectivity index (χ1n) is 14.3. The minimum absolute atomic E-state index is 0.0181. The third-order valence-electron chi connectivity index (χ3n) is 6.65. The highest BCUT2D eigenvalue weighted by atomic mass is 19.4. The molecular formula is C32H35F4N5O7. The summed E-state index contributed by atoms with van der Waals surface area (Å²) >= 11 is 0. The minimum atomic E-state index is -5.08. The van der Waals surface area contributed by atoms with Gasteiger partial charge in [-0.15, -0.1) is 0 Å². The number of carbonyl (C=O) groups is 5. The Morgan fingerprint density at radius 2 is 1.17 bits per heavy atom. The van der Waals surface area contributed by atoms with Gasteiger partial charge in [0, 0.05) is 12.8 Å². The van der Waals surface area contributed by atoms with E-state index in [0.29, 0.717) is 5.56 Å². The number of carbonyl (C=O) groups excluding carboxylic acids is 4. The smallest absolute Gasteiger partial charge is 0.490 e. The number of hydrogen-bond donors (Lipinski definition) is 7. The molecule has 0 aliphatic carbocycles. The molecular weight excluding hydrogens is 642 g/mol. The molecule has 0 aliphatic heterocycles. The largest absolute Gasteiger partial charge is 0.508 e. The second kappa shape index (κ2) is 18.0. The van der Waals surface area contributed by atoms with E-state index in [9.17, 15) is 41.8 Å². The van der Waals surface area contributed by atoms with Gasteiger partial charge in [0.1, 0.15) is 29.7 Å². The summed E-state index contributed by atoms with van der Waals surface area (Å²) in [6, 6.07) is 16.4. The average Bonchev–Trinajstić information content (AvgIpc) is 3.02. The maximum absolute atomic E-state index is 13.4. The van der Waals surface area contributed by atoms with Gasteiger partial charge < -0.3 is 37.6 Å². The topological polar surface area (TPSA) is 214 Å². The molecule has 0 radical (unpaired) electrons.